The fourth-order valence-electron chi connectivity index (χ4n) is 4.03. The minimum atomic E-state index is -1.88. The van der Waals surface area contributed by atoms with Crippen LogP contribution >= 0.6 is 0 Å². The molecular formula is C38H50N2O7Si. The zero-order chi connectivity index (χ0) is 34.8. The summed E-state index contributed by atoms with van der Waals surface area (Å²) in [7, 11) is -1.88. The number of carbonyl (C=O) groups is 1. The third kappa shape index (κ3) is 13.4. The summed E-state index contributed by atoms with van der Waals surface area (Å²) in [6.07, 6.45) is 8.28. The normalized spacial score (nSPS) is 11.9. The molecule has 0 unspecified atom stereocenters. The van der Waals surface area contributed by atoms with Gasteiger partial charge in [-0.25, -0.2) is 4.79 Å². The van der Waals surface area contributed by atoms with E-state index in [1.807, 2.05) is 67.6 Å². The summed E-state index contributed by atoms with van der Waals surface area (Å²) in [5.41, 5.74) is 2.68. The van der Waals surface area contributed by atoms with E-state index >= 15 is 0 Å². The van der Waals surface area contributed by atoms with Gasteiger partial charge >= 0.3 is 5.97 Å². The maximum absolute atomic E-state index is 11.0. The summed E-state index contributed by atoms with van der Waals surface area (Å²) in [4.78, 5) is 22.1. The standard InChI is InChI=1S/C38H50N2O7Si/c1-8-37(41)44-25-13-11-10-12-24-43-33-19-16-31(17-20-33)29-45-46-35-23-18-32(26-36(35)42-9-2)28-40-39-27-30-14-21-34(22-15-30)47-48(6,7)38(3,4)5/h8,14-23,26-28H,1,9-13,24-25,29H2,2-7H3/b39-27+,40-28+. The minimum absolute atomic E-state index is 0.140. The van der Waals surface area contributed by atoms with Crippen LogP contribution in [0.4, 0.5) is 0 Å². The van der Waals surface area contributed by atoms with Crippen LogP contribution in [-0.4, -0.2) is 46.5 Å². The lowest BCUT2D eigenvalue weighted by atomic mass is 10.2. The summed E-state index contributed by atoms with van der Waals surface area (Å²) in [5, 5.41) is 8.54. The van der Waals surface area contributed by atoms with Crippen LogP contribution in [0.5, 0.6) is 23.0 Å². The average molecular weight is 675 g/mol. The molecule has 3 aromatic carbocycles. The molecule has 10 heteroatoms. The summed E-state index contributed by atoms with van der Waals surface area (Å²) >= 11 is 0. The molecular weight excluding hydrogens is 625 g/mol. The van der Waals surface area contributed by atoms with Crippen molar-refractivity contribution in [2.24, 2.45) is 10.2 Å². The number of unbranched alkanes of at least 4 members (excludes halogenated alkanes) is 3. The van der Waals surface area contributed by atoms with Crippen molar-refractivity contribution in [1.29, 1.82) is 0 Å². The van der Waals surface area contributed by atoms with Crippen LogP contribution in [0.2, 0.25) is 18.1 Å². The molecule has 0 saturated carbocycles. The number of benzene rings is 3. The maximum Gasteiger partial charge on any atom is 0.330 e. The van der Waals surface area contributed by atoms with Crippen molar-refractivity contribution in [1.82, 2.24) is 0 Å². The first-order chi connectivity index (χ1) is 23.0. The third-order valence-corrected chi connectivity index (χ3v) is 12.2. The topological polar surface area (TPSA) is 97.2 Å². The largest absolute Gasteiger partial charge is 0.544 e. The van der Waals surface area contributed by atoms with E-state index in [9.17, 15) is 4.79 Å². The van der Waals surface area contributed by atoms with Crippen LogP contribution < -0.4 is 18.8 Å². The monoisotopic (exact) mass is 674 g/mol. The molecule has 0 spiro atoms. The molecule has 0 aliphatic carbocycles. The van der Waals surface area contributed by atoms with E-state index in [2.05, 4.69) is 50.6 Å². The lowest BCUT2D eigenvalue weighted by Crippen LogP contribution is -2.43. The molecule has 9 nitrogen and oxygen atoms in total. The van der Waals surface area contributed by atoms with E-state index in [0.717, 1.165) is 53.9 Å². The molecule has 3 rings (SSSR count). The molecule has 0 bridgehead atoms. The van der Waals surface area contributed by atoms with E-state index in [4.69, 9.17) is 28.4 Å². The van der Waals surface area contributed by atoms with Crippen LogP contribution in [0.25, 0.3) is 0 Å². The van der Waals surface area contributed by atoms with Crippen molar-refractivity contribution < 1.29 is 33.2 Å². The number of carbonyl (C=O) groups excluding carboxylic acids is 1. The van der Waals surface area contributed by atoms with Gasteiger partial charge in [0.2, 0.25) is 14.1 Å². The van der Waals surface area contributed by atoms with Gasteiger partial charge in [0.15, 0.2) is 5.75 Å². The quantitative estimate of drug-likeness (QED) is 0.0224. The lowest BCUT2D eigenvalue weighted by molar-refractivity contribution is -0.218. The van der Waals surface area contributed by atoms with Crippen molar-refractivity contribution in [2.75, 3.05) is 19.8 Å². The van der Waals surface area contributed by atoms with Crippen LogP contribution in [-0.2, 0) is 21.0 Å². The smallest absolute Gasteiger partial charge is 0.330 e. The molecule has 0 radical (unpaired) electrons. The van der Waals surface area contributed by atoms with Gasteiger partial charge in [0.05, 0.1) is 32.2 Å². The van der Waals surface area contributed by atoms with Crippen molar-refractivity contribution in [3.05, 3.63) is 96.1 Å². The number of ether oxygens (including phenoxy) is 3. The summed E-state index contributed by atoms with van der Waals surface area (Å²) in [6, 6.07) is 21.1. The highest BCUT2D eigenvalue weighted by atomic mass is 28.4. The Kier molecular flexibility index (Phi) is 15.4. The van der Waals surface area contributed by atoms with Crippen LogP contribution in [0.15, 0.2) is 89.6 Å². The maximum atomic E-state index is 11.0. The van der Waals surface area contributed by atoms with Crippen LogP contribution in [0, 0.1) is 0 Å². The van der Waals surface area contributed by atoms with Gasteiger partial charge in [-0.2, -0.15) is 15.1 Å². The average Bonchev–Trinajstić information content (AvgIpc) is 3.06. The van der Waals surface area contributed by atoms with Crippen molar-refractivity contribution in [2.45, 2.75) is 78.1 Å². The number of nitrogens with zero attached hydrogens (tertiary/aromatic N) is 2. The second-order valence-corrected chi connectivity index (χ2v) is 17.4. The molecule has 0 aliphatic heterocycles. The first kappa shape index (κ1) is 38.0. The highest BCUT2D eigenvalue weighted by Crippen LogP contribution is 2.37. The second-order valence-electron chi connectivity index (χ2n) is 12.7. The number of esters is 1. The number of rotatable bonds is 20. The number of hydrogen-bond donors (Lipinski definition) is 0. The molecule has 0 aliphatic rings. The number of hydrogen-bond acceptors (Lipinski definition) is 9. The van der Waals surface area contributed by atoms with E-state index < -0.39 is 8.32 Å². The Labute approximate surface area is 286 Å². The Morgan fingerprint density at radius 3 is 2.06 bits per heavy atom. The molecule has 0 fully saturated rings. The first-order valence-corrected chi connectivity index (χ1v) is 19.3. The van der Waals surface area contributed by atoms with E-state index in [1.165, 1.54) is 6.08 Å². The first-order valence-electron chi connectivity index (χ1n) is 16.4. The fraction of sp³-hybridized carbons (Fsp3) is 0.395. The molecule has 0 saturated heterocycles. The van der Waals surface area contributed by atoms with Gasteiger partial charge in [-0.05, 0) is 122 Å². The molecule has 3 aromatic rings. The molecule has 0 heterocycles. The Balaban J connectivity index is 1.42. The van der Waals surface area contributed by atoms with Gasteiger partial charge in [-0.15, -0.1) is 0 Å². The molecule has 0 aromatic heterocycles. The molecule has 0 amide bonds. The summed E-state index contributed by atoms with van der Waals surface area (Å²) < 4.78 is 22.9. The van der Waals surface area contributed by atoms with Gasteiger partial charge in [0.25, 0.3) is 0 Å². The lowest BCUT2D eigenvalue weighted by Gasteiger charge is -2.36. The highest BCUT2D eigenvalue weighted by Gasteiger charge is 2.38. The zero-order valence-corrected chi connectivity index (χ0v) is 30.2. The highest BCUT2D eigenvalue weighted by molar-refractivity contribution is 6.74. The SMILES string of the molecule is C=CC(=O)OCCCCCCOc1ccc(COOc2ccc(/C=N/N=C/c3ccc(O[Si](C)(C)C(C)(C)C)cc3)cc2OCC)cc1. The van der Waals surface area contributed by atoms with Crippen molar-refractivity contribution >= 4 is 26.7 Å². The van der Waals surface area contributed by atoms with Gasteiger partial charge < -0.3 is 23.5 Å². The van der Waals surface area contributed by atoms with E-state index in [1.54, 1.807) is 18.5 Å². The fourth-order valence-corrected chi connectivity index (χ4v) is 5.07. The van der Waals surface area contributed by atoms with Gasteiger partial charge in [0.1, 0.15) is 18.1 Å². The van der Waals surface area contributed by atoms with Gasteiger partial charge in [-0.1, -0.05) is 39.5 Å². The predicted molar refractivity (Wildman–Crippen MR) is 194 cm³/mol. The Morgan fingerprint density at radius 2 is 1.42 bits per heavy atom. The zero-order valence-electron chi connectivity index (χ0n) is 29.2. The van der Waals surface area contributed by atoms with E-state index in [0.29, 0.717) is 31.3 Å². The summed E-state index contributed by atoms with van der Waals surface area (Å²) in [5.74, 6) is 2.31. The Hall–Kier alpha value is -4.41. The summed E-state index contributed by atoms with van der Waals surface area (Å²) in [6.45, 7) is 18.2. The molecule has 0 N–H and O–H groups in total. The minimum Gasteiger partial charge on any atom is -0.544 e. The predicted octanol–water partition coefficient (Wildman–Crippen LogP) is 9.10. The van der Waals surface area contributed by atoms with Gasteiger partial charge in [-0.3, -0.25) is 0 Å². The third-order valence-electron chi connectivity index (χ3n) is 7.82. The second kappa shape index (κ2) is 19.4. The molecule has 0 atom stereocenters. The van der Waals surface area contributed by atoms with E-state index in [-0.39, 0.29) is 17.6 Å². The van der Waals surface area contributed by atoms with Crippen molar-refractivity contribution in [3.8, 4) is 23.0 Å². The Morgan fingerprint density at radius 1 is 0.792 bits per heavy atom. The Bertz CT molecular complexity index is 1480. The van der Waals surface area contributed by atoms with Crippen LogP contribution in [0.3, 0.4) is 0 Å². The van der Waals surface area contributed by atoms with Gasteiger partial charge in [0, 0.05) is 6.08 Å². The molecule has 48 heavy (non-hydrogen) atoms. The molecule has 258 valence electrons. The van der Waals surface area contributed by atoms with Crippen LogP contribution in [0.1, 0.15) is 70.1 Å². The van der Waals surface area contributed by atoms with Crippen molar-refractivity contribution in [3.63, 3.8) is 0 Å².